The van der Waals surface area contributed by atoms with Crippen LogP contribution in [0.3, 0.4) is 0 Å². The molecule has 28 heavy (non-hydrogen) atoms. The first-order chi connectivity index (χ1) is 13.1. The summed E-state index contributed by atoms with van der Waals surface area (Å²) in [6, 6.07) is 5.32. The summed E-state index contributed by atoms with van der Waals surface area (Å²) >= 11 is 7.06. The zero-order valence-corrected chi connectivity index (χ0v) is 17.4. The summed E-state index contributed by atoms with van der Waals surface area (Å²) in [5.74, 6) is -0.401. The van der Waals surface area contributed by atoms with E-state index in [1.165, 1.54) is 0 Å². The van der Waals surface area contributed by atoms with Crippen LogP contribution in [0, 0.1) is 0 Å². The molecule has 3 rings (SSSR count). The van der Waals surface area contributed by atoms with Gasteiger partial charge in [0.2, 0.25) is 0 Å². The van der Waals surface area contributed by atoms with Crippen LogP contribution in [-0.4, -0.2) is 42.0 Å². The van der Waals surface area contributed by atoms with Crippen molar-refractivity contribution in [2.24, 2.45) is 0 Å². The van der Waals surface area contributed by atoms with Gasteiger partial charge in [-0.05, 0) is 62.7 Å². The maximum absolute atomic E-state index is 12.0. The van der Waals surface area contributed by atoms with E-state index in [-0.39, 0.29) is 11.3 Å². The molecule has 3 amide bonds. The van der Waals surface area contributed by atoms with E-state index in [1.807, 2.05) is 32.9 Å². The minimum absolute atomic E-state index is 0.0555. The molecule has 0 saturated carbocycles. The van der Waals surface area contributed by atoms with Gasteiger partial charge in [-0.1, -0.05) is 17.7 Å². The number of amides is 3. The number of nitrogens with one attached hydrogen (secondary N) is 2. The molecular weight excluding hydrogens is 402 g/mol. The van der Waals surface area contributed by atoms with Crippen molar-refractivity contribution in [2.45, 2.75) is 38.8 Å². The molecule has 150 valence electrons. The van der Waals surface area contributed by atoms with E-state index in [0.717, 1.165) is 36.0 Å². The number of thioether (sulfide) groups is 1. The van der Waals surface area contributed by atoms with E-state index < -0.39 is 17.6 Å². The predicted octanol–water partition coefficient (Wildman–Crippen LogP) is 3.77. The molecule has 1 atom stereocenters. The van der Waals surface area contributed by atoms with E-state index in [4.69, 9.17) is 16.3 Å². The number of nitrogens with zero attached hydrogens (tertiary/aromatic N) is 1. The summed E-state index contributed by atoms with van der Waals surface area (Å²) in [6.07, 6.45) is 2.01. The van der Waals surface area contributed by atoms with Gasteiger partial charge in [0, 0.05) is 23.8 Å². The van der Waals surface area contributed by atoms with Crippen LogP contribution in [-0.2, 0) is 9.53 Å². The van der Waals surface area contributed by atoms with Crippen molar-refractivity contribution in [1.82, 2.24) is 10.6 Å². The molecule has 1 aromatic carbocycles. The van der Waals surface area contributed by atoms with Crippen LogP contribution < -0.4 is 15.5 Å². The second-order valence-corrected chi connectivity index (χ2v) is 9.08. The highest BCUT2D eigenvalue weighted by Crippen LogP contribution is 2.33. The molecule has 2 aliphatic heterocycles. The molecule has 0 aromatic heterocycles. The Morgan fingerprint density at radius 1 is 1.39 bits per heavy atom. The Morgan fingerprint density at radius 2 is 2.14 bits per heavy atom. The van der Waals surface area contributed by atoms with Crippen LogP contribution in [0.25, 0.3) is 6.08 Å². The van der Waals surface area contributed by atoms with E-state index in [0.29, 0.717) is 16.5 Å². The quantitative estimate of drug-likeness (QED) is 0.719. The maximum atomic E-state index is 12.0. The fraction of sp³-hybridized carbons (Fsp3) is 0.421. The molecule has 2 heterocycles. The van der Waals surface area contributed by atoms with Gasteiger partial charge in [-0.2, -0.15) is 0 Å². The van der Waals surface area contributed by atoms with E-state index in [2.05, 4.69) is 15.5 Å². The average Bonchev–Trinajstić information content (AvgIpc) is 3.13. The third kappa shape index (κ3) is 5.20. The van der Waals surface area contributed by atoms with Crippen LogP contribution in [0.2, 0.25) is 5.02 Å². The average molecular weight is 424 g/mol. The van der Waals surface area contributed by atoms with Crippen molar-refractivity contribution in [3.8, 4) is 0 Å². The number of imide groups is 1. The van der Waals surface area contributed by atoms with Crippen molar-refractivity contribution in [3.05, 3.63) is 33.7 Å². The molecule has 0 bridgehead atoms. The topological polar surface area (TPSA) is 87.7 Å². The Hall–Kier alpha value is -2.19. The molecule has 1 unspecified atom stereocenters. The summed E-state index contributed by atoms with van der Waals surface area (Å²) in [7, 11) is 0. The monoisotopic (exact) mass is 423 g/mol. The van der Waals surface area contributed by atoms with E-state index >= 15 is 0 Å². The third-order valence-corrected chi connectivity index (χ3v) is 5.22. The SMILES string of the molecule is CC(C)(C)OC(=O)NC1CCN(c2cc(Cl)ccc2/C=C2\SC(=O)NC2=O)C1. The minimum Gasteiger partial charge on any atom is -0.444 e. The minimum atomic E-state index is -0.550. The van der Waals surface area contributed by atoms with E-state index in [1.54, 1.807) is 12.1 Å². The lowest BCUT2D eigenvalue weighted by Crippen LogP contribution is -2.40. The molecule has 2 aliphatic rings. The maximum Gasteiger partial charge on any atom is 0.407 e. The van der Waals surface area contributed by atoms with Gasteiger partial charge < -0.3 is 15.0 Å². The molecule has 2 fully saturated rings. The van der Waals surface area contributed by atoms with Crippen molar-refractivity contribution in [2.75, 3.05) is 18.0 Å². The van der Waals surface area contributed by atoms with Gasteiger partial charge in [0.15, 0.2) is 0 Å². The lowest BCUT2D eigenvalue weighted by atomic mass is 10.1. The number of carbonyl (C=O) groups is 3. The van der Waals surface area contributed by atoms with Crippen molar-refractivity contribution < 1.29 is 19.1 Å². The lowest BCUT2D eigenvalue weighted by Gasteiger charge is -2.23. The highest BCUT2D eigenvalue weighted by Gasteiger charge is 2.29. The number of hydrogen-bond donors (Lipinski definition) is 2. The smallest absolute Gasteiger partial charge is 0.407 e. The number of rotatable bonds is 3. The molecule has 0 aliphatic carbocycles. The molecule has 1 aromatic rings. The van der Waals surface area contributed by atoms with Crippen molar-refractivity contribution in [3.63, 3.8) is 0 Å². The van der Waals surface area contributed by atoms with Crippen LogP contribution >= 0.6 is 23.4 Å². The first-order valence-corrected chi connectivity index (χ1v) is 10.1. The van der Waals surface area contributed by atoms with Crippen molar-refractivity contribution >= 4 is 52.4 Å². The number of ether oxygens (including phenoxy) is 1. The van der Waals surface area contributed by atoms with Crippen molar-refractivity contribution in [1.29, 1.82) is 0 Å². The van der Waals surface area contributed by atoms with Crippen LogP contribution in [0.5, 0.6) is 0 Å². The van der Waals surface area contributed by atoms with Gasteiger partial charge in [-0.3, -0.25) is 14.9 Å². The number of hydrogen-bond acceptors (Lipinski definition) is 6. The second kappa shape index (κ2) is 8.05. The number of anilines is 1. The predicted molar refractivity (Wildman–Crippen MR) is 111 cm³/mol. The Bertz CT molecular complexity index is 850. The summed E-state index contributed by atoms with van der Waals surface area (Å²) in [4.78, 5) is 37.7. The molecule has 9 heteroatoms. The van der Waals surface area contributed by atoms with Crippen LogP contribution in [0.1, 0.15) is 32.8 Å². The van der Waals surface area contributed by atoms with Gasteiger partial charge in [-0.15, -0.1) is 0 Å². The lowest BCUT2D eigenvalue weighted by molar-refractivity contribution is -0.115. The number of alkyl carbamates (subject to hydrolysis) is 1. The van der Waals surface area contributed by atoms with Gasteiger partial charge >= 0.3 is 6.09 Å². The highest BCUT2D eigenvalue weighted by molar-refractivity contribution is 8.18. The third-order valence-electron chi connectivity index (χ3n) is 4.17. The number of benzene rings is 1. The molecule has 0 spiro atoms. The molecule has 7 nitrogen and oxygen atoms in total. The summed E-state index contributed by atoms with van der Waals surface area (Å²) in [5, 5.41) is 5.33. The Labute approximate surface area is 172 Å². The van der Waals surface area contributed by atoms with E-state index in [9.17, 15) is 14.4 Å². The zero-order chi connectivity index (χ0) is 20.5. The molecular formula is C19H22ClN3O4S. The Morgan fingerprint density at radius 3 is 2.79 bits per heavy atom. The summed E-state index contributed by atoms with van der Waals surface area (Å²) in [6.45, 7) is 6.77. The highest BCUT2D eigenvalue weighted by atomic mass is 35.5. The Kier molecular flexibility index (Phi) is 5.90. The zero-order valence-electron chi connectivity index (χ0n) is 15.9. The molecule has 2 N–H and O–H groups in total. The first kappa shape index (κ1) is 20.5. The standard InChI is InChI=1S/C19H22ClN3O4S/c1-19(2,3)27-17(25)21-13-6-7-23(10-13)14-9-12(20)5-4-11(14)8-15-16(24)22-18(26)28-15/h4-5,8-9,13H,6-7,10H2,1-3H3,(H,21,25)(H,22,24,26)/b15-8-. The second-order valence-electron chi connectivity index (χ2n) is 7.63. The number of halogens is 1. The fourth-order valence-corrected chi connectivity index (χ4v) is 3.89. The van der Waals surface area contributed by atoms with Gasteiger partial charge in [0.1, 0.15) is 5.60 Å². The molecule has 0 radical (unpaired) electrons. The van der Waals surface area contributed by atoms with Crippen LogP contribution in [0.15, 0.2) is 23.1 Å². The normalized spacial score (nSPS) is 21.2. The summed E-state index contributed by atoms with van der Waals surface area (Å²) in [5.41, 5.74) is 1.09. The number of carbonyl (C=O) groups excluding carboxylic acids is 3. The van der Waals surface area contributed by atoms with Gasteiger partial charge in [0.05, 0.1) is 10.9 Å². The fourth-order valence-electron chi connectivity index (χ4n) is 3.05. The van der Waals surface area contributed by atoms with Crippen LogP contribution in [0.4, 0.5) is 15.3 Å². The largest absolute Gasteiger partial charge is 0.444 e. The van der Waals surface area contributed by atoms with Gasteiger partial charge in [0.25, 0.3) is 11.1 Å². The van der Waals surface area contributed by atoms with Gasteiger partial charge in [-0.25, -0.2) is 4.79 Å². The first-order valence-electron chi connectivity index (χ1n) is 8.89. The molecule has 2 saturated heterocycles. The Balaban J connectivity index is 1.75. The summed E-state index contributed by atoms with van der Waals surface area (Å²) < 4.78 is 5.32.